The van der Waals surface area contributed by atoms with Crippen LogP contribution in [0.25, 0.3) is 0 Å². The van der Waals surface area contributed by atoms with Crippen molar-refractivity contribution in [3.05, 3.63) is 47.7 Å². The number of ether oxygens (including phenoxy) is 2. The number of likely N-dealkylation sites (N-methyl/N-ethyl adjacent to an activating group) is 1. The van der Waals surface area contributed by atoms with Crippen molar-refractivity contribution >= 4 is 5.91 Å². The van der Waals surface area contributed by atoms with Gasteiger partial charge in [-0.2, -0.15) is 13.2 Å². The number of benzene rings is 1. The van der Waals surface area contributed by atoms with Crippen LogP contribution in [0.3, 0.4) is 0 Å². The van der Waals surface area contributed by atoms with Gasteiger partial charge in [0.2, 0.25) is 5.89 Å². The summed E-state index contributed by atoms with van der Waals surface area (Å²) in [4.78, 5) is 18.0. The van der Waals surface area contributed by atoms with Gasteiger partial charge in [-0.1, -0.05) is 6.07 Å². The molecule has 0 saturated carbocycles. The van der Waals surface area contributed by atoms with Gasteiger partial charge in [0.1, 0.15) is 12.0 Å². The van der Waals surface area contributed by atoms with Crippen LogP contribution in [0.15, 0.2) is 34.9 Å². The number of oxazole rings is 1. The molecule has 9 heteroatoms. The average molecular weight is 398 g/mol. The standard InChI is InChI=1S/C19H21F3N2O4/c1-24(10-15-6-2-3-8-26-15)18(25)16-11-28-17(23-16)12-27-14-7-4-5-13(9-14)19(20,21)22/h4-5,7,9,11,15H,2-3,6,8,10,12H2,1H3/t15-/m1/s1. The highest BCUT2D eigenvalue weighted by atomic mass is 19.4. The van der Waals surface area contributed by atoms with E-state index in [1.54, 1.807) is 7.05 Å². The van der Waals surface area contributed by atoms with E-state index in [2.05, 4.69) is 4.98 Å². The topological polar surface area (TPSA) is 64.8 Å². The number of carbonyl (C=O) groups excluding carboxylic acids is 1. The summed E-state index contributed by atoms with van der Waals surface area (Å²) < 4.78 is 54.3. The molecule has 0 radical (unpaired) electrons. The molecule has 0 unspecified atom stereocenters. The lowest BCUT2D eigenvalue weighted by Gasteiger charge is -2.26. The normalized spacial score (nSPS) is 17.4. The fraction of sp³-hybridized carbons (Fsp3) is 0.474. The molecule has 152 valence electrons. The molecule has 1 saturated heterocycles. The van der Waals surface area contributed by atoms with Crippen molar-refractivity contribution in [2.75, 3.05) is 20.2 Å². The molecule has 0 aliphatic carbocycles. The van der Waals surface area contributed by atoms with Gasteiger partial charge in [-0.3, -0.25) is 4.79 Å². The van der Waals surface area contributed by atoms with Gasteiger partial charge in [0, 0.05) is 20.2 Å². The summed E-state index contributed by atoms with van der Waals surface area (Å²) in [5, 5.41) is 0. The van der Waals surface area contributed by atoms with Crippen LogP contribution in [0, 0.1) is 0 Å². The number of carbonyl (C=O) groups is 1. The first kappa shape index (κ1) is 20.2. The van der Waals surface area contributed by atoms with E-state index in [1.807, 2.05) is 0 Å². The third kappa shape index (κ3) is 5.25. The fourth-order valence-corrected chi connectivity index (χ4v) is 2.92. The summed E-state index contributed by atoms with van der Waals surface area (Å²) in [6, 6.07) is 4.51. The minimum Gasteiger partial charge on any atom is -0.484 e. The first-order valence-corrected chi connectivity index (χ1v) is 8.94. The summed E-state index contributed by atoms with van der Waals surface area (Å²) in [7, 11) is 1.66. The second-order valence-electron chi connectivity index (χ2n) is 6.62. The maximum absolute atomic E-state index is 12.7. The molecule has 0 spiro atoms. The highest BCUT2D eigenvalue weighted by Gasteiger charge is 2.30. The minimum absolute atomic E-state index is 0.0123. The summed E-state index contributed by atoms with van der Waals surface area (Å²) in [5.74, 6) is -0.182. The number of rotatable bonds is 6. The molecule has 1 atom stereocenters. The van der Waals surface area contributed by atoms with Crippen LogP contribution in [-0.4, -0.2) is 42.1 Å². The third-order valence-corrected chi connectivity index (χ3v) is 4.39. The van der Waals surface area contributed by atoms with Crippen LogP contribution in [0.5, 0.6) is 5.75 Å². The number of aromatic nitrogens is 1. The highest BCUT2D eigenvalue weighted by molar-refractivity contribution is 5.91. The van der Waals surface area contributed by atoms with E-state index in [0.29, 0.717) is 13.2 Å². The van der Waals surface area contributed by atoms with Gasteiger partial charge in [0.25, 0.3) is 5.91 Å². The van der Waals surface area contributed by atoms with Crippen LogP contribution in [-0.2, 0) is 17.5 Å². The van der Waals surface area contributed by atoms with E-state index >= 15 is 0 Å². The second kappa shape index (κ2) is 8.64. The number of hydrogen-bond acceptors (Lipinski definition) is 5. The van der Waals surface area contributed by atoms with Gasteiger partial charge in [-0.15, -0.1) is 0 Å². The highest BCUT2D eigenvalue weighted by Crippen LogP contribution is 2.31. The molecule has 1 amide bonds. The quantitative estimate of drug-likeness (QED) is 0.738. The van der Waals surface area contributed by atoms with E-state index in [0.717, 1.165) is 31.4 Å². The Morgan fingerprint density at radius 3 is 2.89 bits per heavy atom. The second-order valence-corrected chi connectivity index (χ2v) is 6.62. The molecular weight excluding hydrogens is 377 g/mol. The Morgan fingerprint density at radius 1 is 1.36 bits per heavy atom. The molecule has 1 aliphatic rings. The van der Waals surface area contributed by atoms with Crippen LogP contribution in [0.1, 0.15) is 41.2 Å². The van der Waals surface area contributed by atoms with Gasteiger partial charge in [0.15, 0.2) is 12.3 Å². The van der Waals surface area contributed by atoms with E-state index in [-0.39, 0.29) is 36.0 Å². The van der Waals surface area contributed by atoms with Gasteiger partial charge >= 0.3 is 6.18 Å². The molecule has 1 aliphatic heterocycles. The maximum atomic E-state index is 12.7. The van der Waals surface area contributed by atoms with Crippen molar-refractivity contribution in [2.45, 2.75) is 38.1 Å². The van der Waals surface area contributed by atoms with E-state index in [1.165, 1.54) is 23.3 Å². The molecule has 0 N–H and O–H groups in total. The minimum atomic E-state index is -4.45. The Balaban J connectivity index is 1.55. The summed E-state index contributed by atoms with van der Waals surface area (Å²) in [6.07, 6.45) is -0.203. The maximum Gasteiger partial charge on any atom is 0.416 e. The first-order chi connectivity index (χ1) is 13.3. The monoisotopic (exact) mass is 398 g/mol. The lowest BCUT2D eigenvalue weighted by Crippen LogP contribution is -2.37. The van der Waals surface area contributed by atoms with Crippen LogP contribution >= 0.6 is 0 Å². The SMILES string of the molecule is CN(C[C@H]1CCCCO1)C(=O)c1coc(COc2cccc(C(F)(F)F)c2)n1. The van der Waals surface area contributed by atoms with Crippen molar-refractivity contribution in [2.24, 2.45) is 0 Å². The lowest BCUT2D eigenvalue weighted by molar-refractivity contribution is -0.137. The molecule has 3 rings (SSSR count). The largest absolute Gasteiger partial charge is 0.484 e. The van der Waals surface area contributed by atoms with Crippen LogP contribution in [0.4, 0.5) is 13.2 Å². The smallest absolute Gasteiger partial charge is 0.416 e. The Labute approximate surface area is 160 Å². The van der Waals surface area contributed by atoms with Gasteiger partial charge in [-0.05, 0) is 37.5 Å². The number of amides is 1. The predicted octanol–water partition coefficient (Wildman–Crippen LogP) is 3.91. The van der Waals surface area contributed by atoms with Gasteiger partial charge in [-0.25, -0.2) is 4.98 Å². The lowest BCUT2D eigenvalue weighted by atomic mass is 10.1. The molecule has 6 nitrogen and oxygen atoms in total. The molecule has 1 aromatic carbocycles. The number of halogens is 3. The Bertz CT molecular complexity index is 800. The Morgan fingerprint density at radius 2 is 2.18 bits per heavy atom. The third-order valence-electron chi connectivity index (χ3n) is 4.39. The van der Waals surface area contributed by atoms with E-state index in [9.17, 15) is 18.0 Å². The molecule has 2 aromatic rings. The fourth-order valence-electron chi connectivity index (χ4n) is 2.92. The van der Waals surface area contributed by atoms with E-state index < -0.39 is 11.7 Å². The van der Waals surface area contributed by atoms with Crippen molar-refractivity contribution in [3.8, 4) is 5.75 Å². The van der Waals surface area contributed by atoms with Crippen LogP contribution in [0.2, 0.25) is 0 Å². The zero-order valence-electron chi connectivity index (χ0n) is 15.4. The molecule has 1 fully saturated rings. The molecule has 0 bridgehead atoms. The average Bonchev–Trinajstić information content (AvgIpc) is 3.15. The van der Waals surface area contributed by atoms with Gasteiger partial charge in [0.05, 0.1) is 11.7 Å². The first-order valence-electron chi connectivity index (χ1n) is 8.94. The number of hydrogen-bond donors (Lipinski definition) is 0. The summed E-state index contributed by atoms with van der Waals surface area (Å²) >= 11 is 0. The van der Waals surface area contributed by atoms with Crippen LogP contribution < -0.4 is 4.74 Å². The predicted molar refractivity (Wildman–Crippen MR) is 92.8 cm³/mol. The van der Waals surface area contributed by atoms with Crippen molar-refractivity contribution in [1.82, 2.24) is 9.88 Å². The Kier molecular flexibility index (Phi) is 6.23. The molecular formula is C19H21F3N2O4. The molecule has 2 heterocycles. The van der Waals surface area contributed by atoms with Gasteiger partial charge < -0.3 is 18.8 Å². The number of nitrogens with zero attached hydrogens (tertiary/aromatic N) is 2. The van der Waals surface area contributed by atoms with Crippen molar-refractivity contribution in [1.29, 1.82) is 0 Å². The summed E-state index contributed by atoms with van der Waals surface area (Å²) in [6.45, 7) is 0.972. The van der Waals surface area contributed by atoms with Crippen molar-refractivity contribution in [3.63, 3.8) is 0 Å². The molecule has 28 heavy (non-hydrogen) atoms. The Hall–Kier alpha value is -2.55. The van der Waals surface area contributed by atoms with Crippen molar-refractivity contribution < 1.29 is 31.9 Å². The summed E-state index contributed by atoms with van der Waals surface area (Å²) in [5.41, 5.74) is -0.694. The number of alkyl halides is 3. The zero-order valence-corrected chi connectivity index (χ0v) is 15.4. The molecule has 1 aromatic heterocycles. The zero-order chi connectivity index (χ0) is 20.1. The van der Waals surface area contributed by atoms with E-state index in [4.69, 9.17) is 13.9 Å².